The van der Waals surface area contributed by atoms with E-state index in [-0.39, 0.29) is 43.2 Å². The topological polar surface area (TPSA) is 129 Å². The van der Waals surface area contributed by atoms with E-state index < -0.39 is 5.54 Å². The van der Waals surface area contributed by atoms with Gasteiger partial charge in [-0.1, -0.05) is 18.9 Å². The first-order valence-electron chi connectivity index (χ1n) is 13.7. The average molecular weight is 532 g/mol. The van der Waals surface area contributed by atoms with Gasteiger partial charge in [-0.05, 0) is 74.6 Å². The van der Waals surface area contributed by atoms with Crippen LogP contribution in [0, 0.1) is 11.3 Å². The van der Waals surface area contributed by atoms with Gasteiger partial charge >= 0.3 is 5.97 Å². The number of amides is 2. The molecule has 0 aliphatic heterocycles. The number of nitrogens with one attached hydrogen (secondary N) is 1. The van der Waals surface area contributed by atoms with Crippen LogP contribution in [0.5, 0.6) is 0 Å². The standard InChI is InChI=1S/C30H37N5O4/c1-3-39-29(38)15-14-27(36)35(24-6-4-5-7-24)30(16-17-30)22-10-13-25(33-2)26(18-22)34(28(37)20-32)23-11-8-21(19-31)9-12-23/h8-13,18,24,33H,3-7,14-17,20,32H2,1-2H3. The van der Waals surface area contributed by atoms with E-state index in [1.807, 2.05) is 23.1 Å². The first kappa shape index (κ1) is 28.1. The molecule has 3 N–H and O–H groups in total. The molecule has 0 saturated heterocycles. The molecule has 39 heavy (non-hydrogen) atoms. The van der Waals surface area contributed by atoms with Crippen LogP contribution in [-0.2, 0) is 24.7 Å². The maximum atomic E-state index is 13.7. The van der Waals surface area contributed by atoms with Gasteiger partial charge in [0.25, 0.3) is 0 Å². The second-order valence-corrected chi connectivity index (χ2v) is 10.1. The summed E-state index contributed by atoms with van der Waals surface area (Å²) in [6.45, 7) is 1.85. The lowest BCUT2D eigenvalue weighted by molar-refractivity contribution is -0.147. The van der Waals surface area contributed by atoms with Crippen LogP contribution in [0.25, 0.3) is 0 Å². The third-order valence-electron chi connectivity index (χ3n) is 7.72. The molecule has 0 aromatic heterocycles. The van der Waals surface area contributed by atoms with Crippen LogP contribution in [0.1, 0.15) is 69.4 Å². The highest BCUT2D eigenvalue weighted by Crippen LogP contribution is 2.55. The summed E-state index contributed by atoms with van der Waals surface area (Å²) in [5.74, 6) is -0.689. The van der Waals surface area contributed by atoms with Crippen molar-refractivity contribution in [3.8, 4) is 6.07 Å². The SMILES string of the molecule is CCOC(=O)CCC(=O)N(C1CCCC1)C1(c2ccc(NC)c(N(C(=O)CN)c3ccc(C#N)cc3)c2)CC1. The van der Waals surface area contributed by atoms with Gasteiger partial charge in [-0.2, -0.15) is 5.26 Å². The third kappa shape index (κ3) is 5.91. The summed E-state index contributed by atoms with van der Waals surface area (Å²) in [7, 11) is 1.79. The maximum absolute atomic E-state index is 13.7. The normalized spacial score (nSPS) is 15.7. The van der Waals surface area contributed by atoms with Crippen molar-refractivity contribution in [1.82, 2.24) is 4.90 Å². The van der Waals surface area contributed by atoms with Crippen LogP contribution in [0.3, 0.4) is 0 Å². The number of hydrogen-bond donors (Lipinski definition) is 2. The van der Waals surface area contributed by atoms with Gasteiger partial charge in [0.1, 0.15) is 0 Å². The van der Waals surface area contributed by atoms with Crippen molar-refractivity contribution in [2.75, 3.05) is 30.4 Å². The van der Waals surface area contributed by atoms with Crippen LogP contribution in [0.4, 0.5) is 17.1 Å². The van der Waals surface area contributed by atoms with Gasteiger partial charge < -0.3 is 20.7 Å². The summed E-state index contributed by atoms with van der Waals surface area (Å²) in [4.78, 5) is 42.5. The van der Waals surface area contributed by atoms with Crippen molar-refractivity contribution < 1.29 is 19.1 Å². The van der Waals surface area contributed by atoms with Crippen molar-refractivity contribution in [2.45, 2.75) is 69.9 Å². The molecule has 0 atom stereocenters. The van der Waals surface area contributed by atoms with E-state index >= 15 is 0 Å². The number of ether oxygens (including phenoxy) is 1. The molecule has 9 heteroatoms. The second kappa shape index (κ2) is 12.3. The number of nitrogens with two attached hydrogens (primary N) is 1. The fourth-order valence-electron chi connectivity index (χ4n) is 5.72. The van der Waals surface area contributed by atoms with E-state index in [0.717, 1.165) is 49.8 Å². The highest BCUT2D eigenvalue weighted by atomic mass is 16.5. The monoisotopic (exact) mass is 531 g/mol. The van der Waals surface area contributed by atoms with Gasteiger partial charge in [-0.3, -0.25) is 19.3 Å². The van der Waals surface area contributed by atoms with Gasteiger partial charge in [0.05, 0.1) is 48.1 Å². The second-order valence-electron chi connectivity index (χ2n) is 10.1. The number of rotatable bonds is 11. The Morgan fingerprint density at radius 3 is 2.33 bits per heavy atom. The Kier molecular flexibility index (Phi) is 8.87. The first-order valence-corrected chi connectivity index (χ1v) is 13.7. The Bertz CT molecular complexity index is 1240. The molecule has 0 spiro atoms. The van der Waals surface area contributed by atoms with Crippen LogP contribution < -0.4 is 16.0 Å². The minimum Gasteiger partial charge on any atom is -0.466 e. The Hall–Kier alpha value is -3.90. The third-order valence-corrected chi connectivity index (χ3v) is 7.72. The molecular formula is C30H37N5O4. The number of esters is 1. The predicted octanol–water partition coefficient (Wildman–Crippen LogP) is 4.33. The molecule has 2 aliphatic rings. The zero-order chi connectivity index (χ0) is 28.0. The summed E-state index contributed by atoms with van der Waals surface area (Å²) >= 11 is 0. The minimum absolute atomic E-state index is 0.0336. The smallest absolute Gasteiger partial charge is 0.306 e. The molecule has 2 saturated carbocycles. The number of carbonyl (C=O) groups excluding carboxylic acids is 3. The van der Waals surface area contributed by atoms with Crippen molar-refractivity contribution >= 4 is 34.8 Å². The molecule has 9 nitrogen and oxygen atoms in total. The molecule has 0 radical (unpaired) electrons. The summed E-state index contributed by atoms with van der Waals surface area (Å²) < 4.78 is 5.06. The zero-order valence-corrected chi connectivity index (χ0v) is 22.7. The zero-order valence-electron chi connectivity index (χ0n) is 22.7. The molecule has 0 unspecified atom stereocenters. The quantitative estimate of drug-likeness (QED) is 0.413. The largest absolute Gasteiger partial charge is 0.466 e. The molecule has 2 fully saturated rings. The summed E-state index contributed by atoms with van der Waals surface area (Å²) in [6, 6.07) is 15.0. The molecule has 0 heterocycles. The Balaban J connectivity index is 1.74. The summed E-state index contributed by atoms with van der Waals surface area (Å²) in [5.41, 5.74) is 8.76. The van der Waals surface area contributed by atoms with Crippen molar-refractivity contribution in [3.63, 3.8) is 0 Å². The van der Waals surface area contributed by atoms with Gasteiger partial charge in [0.15, 0.2) is 0 Å². The van der Waals surface area contributed by atoms with E-state index in [1.54, 1.807) is 43.1 Å². The molecule has 2 aromatic carbocycles. The van der Waals surface area contributed by atoms with E-state index in [9.17, 15) is 19.6 Å². The number of hydrogen-bond acceptors (Lipinski definition) is 7. The number of benzene rings is 2. The van der Waals surface area contributed by atoms with Gasteiger partial charge in [-0.25, -0.2) is 0 Å². The molecule has 2 aliphatic carbocycles. The molecule has 2 amide bonds. The van der Waals surface area contributed by atoms with Gasteiger partial charge in [-0.15, -0.1) is 0 Å². The van der Waals surface area contributed by atoms with E-state index in [2.05, 4.69) is 11.4 Å². The Labute approximate surface area is 229 Å². The summed E-state index contributed by atoms with van der Waals surface area (Å²) in [5, 5.41) is 12.4. The molecular weight excluding hydrogens is 494 g/mol. The number of carbonyl (C=O) groups is 3. The lowest BCUT2D eigenvalue weighted by atomic mass is 9.97. The van der Waals surface area contributed by atoms with E-state index in [1.165, 1.54) is 0 Å². The van der Waals surface area contributed by atoms with E-state index in [4.69, 9.17) is 10.5 Å². The fraction of sp³-hybridized carbons (Fsp3) is 0.467. The summed E-state index contributed by atoms with van der Waals surface area (Å²) in [6.07, 6.45) is 5.83. The Morgan fingerprint density at radius 1 is 1.08 bits per heavy atom. The van der Waals surface area contributed by atoms with Crippen LogP contribution in [-0.4, -0.2) is 48.9 Å². The molecule has 4 rings (SSSR count). The maximum Gasteiger partial charge on any atom is 0.306 e. The van der Waals surface area contributed by atoms with Gasteiger partial charge in [0, 0.05) is 25.2 Å². The van der Waals surface area contributed by atoms with Crippen molar-refractivity contribution in [3.05, 3.63) is 53.6 Å². The van der Waals surface area contributed by atoms with Crippen molar-refractivity contribution in [1.29, 1.82) is 5.26 Å². The van der Waals surface area contributed by atoms with Crippen LogP contribution >= 0.6 is 0 Å². The highest BCUT2D eigenvalue weighted by molar-refractivity contribution is 6.04. The predicted molar refractivity (Wildman–Crippen MR) is 149 cm³/mol. The number of nitrogens with zero attached hydrogens (tertiary/aromatic N) is 3. The molecule has 2 aromatic rings. The number of nitriles is 1. The highest BCUT2D eigenvalue weighted by Gasteiger charge is 2.54. The molecule has 0 bridgehead atoms. The number of anilines is 3. The van der Waals surface area contributed by atoms with Crippen molar-refractivity contribution in [2.24, 2.45) is 5.73 Å². The van der Waals surface area contributed by atoms with Crippen LogP contribution in [0.2, 0.25) is 0 Å². The lowest BCUT2D eigenvalue weighted by Crippen LogP contribution is -2.46. The first-order chi connectivity index (χ1) is 18.9. The van der Waals surface area contributed by atoms with Gasteiger partial charge in [0.2, 0.25) is 11.8 Å². The fourth-order valence-corrected chi connectivity index (χ4v) is 5.72. The lowest BCUT2D eigenvalue weighted by Gasteiger charge is -2.38. The average Bonchev–Trinajstić information content (AvgIpc) is 3.57. The molecule has 206 valence electrons. The minimum atomic E-state index is -0.482. The Morgan fingerprint density at radius 2 is 1.77 bits per heavy atom. The van der Waals surface area contributed by atoms with E-state index in [0.29, 0.717) is 23.5 Å². The van der Waals surface area contributed by atoms with Crippen LogP contribution in [0.15, 0.2) is 42.5 Å².